The van der Waals surface area contributed by atoms with Crippen LogP contribution in [0.1, 0.15) is 52.9 Å². The first-order valence-electron chi connectivity index (χ1n) is 12.2. The first-order chi connectivity index (χ1) is 15.8. The lowest BCUT2D eigenvalue weighted by molar-refractivity contribution is -0.160. The average molecular weight is 461 g/mol. The number of cyclic esters (lactones) is 1. The van der Waals surface area contributed by atoms with Gasteiger partial charge in [0.15, 0.2) is 0 Å². The molecule has 1 spiro atoms. The summed E-state index contributed by atoms with van der Waals surface area (Å²) in [5.41, 5.74) is -2.37. The second-order valence-corrected chi connectivity index (χ2v) is 9.85. The third-order valence-electron chi connectivity index (χ3n) is 7.61. The summed E-state index contributed by atoms with van der Waals surface area (Å²) in [6, 6.07) is -0.939. The summed E-state index contributed by atoms with van der Waals surface area (Å²) in [6.45, 7) is 6.34. The molecule has 2 amide bonds. The molecule has 0 saturated carbocycles. The summed E-state index contributed by atoms with van der Waals surface area (Å²) in [4.78, 5) is 44.2. The van der Waals surface area contributed by atoms with E-state index in [1.807, 2.05) is 38.2 Å². The van der Waals surface area contributed by atoms with Gasteiger partial charge < -0.3 is 24.4 Å². The van der Waals surface area contributed by atoms with Crippen molar-refractivity contribution in [3.05, 3.63) is 24.3 Å². The minimum absolute atomic E-state index is 0.00465. The molecule has 1 N–H and O–H groups in total. The number of aliphatic hydroxyl groups excluding tert-OH is 1. The number of likely N-dealkylation sites (tertiary alicyclic amines) is 1. The van der Waals surface area contributed by atoms with Gasteiger partial charge >= 0.3 is 5.97 Å². The van der Waals surface area contributed by atoms with Gasteiger partial charge in [-0.05, 0) is 39.5 Å². The number of esters is 1. The number of carbonyl (C=O) groups is 3. The van der Waals surface area contributed by atoms with Crippen LogP contribution in [-0.4, -0.2) is 82.3 Å². The van der Waals surface area contributed by atoms with Gasteiger partial charge in [0.1, 0.15) is 17.6 Å². The number of amides is 2. The lowest BCUT2D eigenvalue weighted by atomic mass is 9.74. The SMILES string of the molecule is CCCC(C)N1CC=C[C@]23O[C@]4(C)/C=C\CCCCOC(=O)[C@@H]4[C@H]2C(=O)N(CCO)C3C1=O. The van der Waals surface area contributed by atoms with Gasteiger partial charge in [0.2, 0.25) is 11.8 Å². The van der Waals surface area contributed by atoms with E-state index in [-0.39, 0.29) is 31.0 Å². The lowest BCUT2D eigenvalue weighted by Crippen LogP contribution is -2.57. The quantitative estimate of drug-likeness (QED) is 0.497. The van der Waals surface area contributed by atoms with Gasteiger partial charge in [0, 0.05) is 19.1 Å². The fraction of sp³-hybridized carbons (Fsp3) is 0.720. The average Bonchev–Trinajstić information content (AvgIpc) is 3.08. The number of carbonyl (C=O) groups excluding carboxylic acids is 3. The smallest absolute Gasteiger partial charge is 0.313 e. The summed E-state index contributed by atoms with van der Waals surface area (Å²) >= 11 is 0. The highest BCUT2D eigenvalue weighted by molar-refractivity contribution is 5.99. The Morgan fingerprint density at radius 3 is 2.67 bits per heavy atom. The van der Waals surface area contributed by atoms with E-state index in [0.717, 1.165) is 32.1 Å². The van der Waals surface area contributed by atoms with E-state index in [0.29, 0.717) is 13.2 Å². The zero-order valence-electron chi connectivity index (χ0n) is 19.9. The molecular weight excluding hydrogens is 424 g/mol. The Labute approximate surface area is 195 Å². The summed E-state index contributed by atoms with van der Waals surface area (Å²) < 4.78 is 12.3. The van der Waals surface area contributed by atoms with Crippen molar-refractivity contribution in [1.82, 2.24) is 9.80 Å². The normalized spacial score (nSPS) is 38.3. The molecule has 4 rings (SSSR count). The number of allylic oxidation sites excluding steroid dienone is 1. The minimum atomic E-state index is -1.29. The van der Waals surface area contributed by atoms with E-state index < -0.39 is 35.0 Å². The molecule has 33 heavy (non-hydrogen) atoms. The molecule has 0 radical (unpaired) electrons. The monoisotopic (exact) mass is 460 g/mol. The predicted molar refractivity (Wildman–Crippen MR) is 121 cm³/mol. The van der Waals surface area contributed by atoms with Crippen molar-refractivity contribution >= 4 is 17.8 Å². The van der Waals surface area contributed by atoms with E-state index in [2.05, 4.69) is 6.92 Å². The van der Waals surface area contributed by atoms with Gasteiger partial charge in [0.25, 0.3) is 0 Å². The number of nitrogens with zero attached hydrogens (tertiary/aromatic N) is 2. The number of hydrogen-bond donors (Lipinski definition) is 1. The highest BCUT2D eigenvalue weighted by atomic mass is 16.6. The molecule has 4 aliphatic heterocycles. The highest BCUT2D eigenvalue weighted by Gasteiger charge is 2.74. The van der Waals surface area contributed by atoms with Crippen LogP contribution in [0, 0.1) is 11.8 Å². The minimum Gasteiger partial charge on any atom is -0.465 e. The number of fused-ring (bicyclic) bond motifs is 2. The summed E-state index contributed by atoms with van der Waals surface area (Å²) in [5.74, 6) is -2.77. The van der Waals surface area contributed by atoms with Crippen molar-refractivity contribution in [2.75, 3.05) is 26.3 Å². The van der Waals surface area contributed by atoms with E-state index in [9.17, 15) is 19.5 Å². The molecule has 8 nitrogen and oxygen atoms in total. The molecule has 0 aromatic carbocycles. The van der Waals surface area contributed by atoms with Crippen molar-refractivity contribution in [1.29, 1.82) is 0 Å². The van der Waals surface area contributed by atoms with Crippen LogP contribution in [0.2, 0.25) is 0 Å². The maximum Gasteiger partial charge on any atom is 0.313 e. The number of hydrogen-bond acceptors (Lipinski definition) is 6. The van der Waals surface area contributed by atoms with Crippen LogP contribution in [0.3, 0.4) is 0 Å². The number of rotatable bonds is 5. The Balaban J connectivity index is 1.83. The van der Waals surface area contributed by atoms with Crippen LogP contribution in [-0.2, 0) is 23.9 Å². The number of aliphatic hydroxyl groups is 1. The van der Waals surface area contributed by atoms with E-state index in [4.69, 9.17) is 9.47 Å². The van der Waals surface area contributed by atoms with Gasteiger partial charge in [-0.3, -0.25) is 14.4 Å². The second-order valence-electron chi connectivity index (χ2n) is 9.85. The third-order valence-corrected chi connectivity index (χ3v) is 7.61. The van der Waals surface area contributed by atoms with E-state index in [1.54, 1.807) is 4.90 Å². The van der Waals surface area contributed by atoms with Gasteiger partial charge in [-0.2, -0.15) is 0 Å². The molecule has 0 aromatic rings. The van der Waals surface area contributed by atoms with Crippen molar-refractivity contribution in [2.24, 2.45) is 11.8 Å². The van der Waals surface area contributed by atoms with Gasteiger partial charge in [0.05, 0.1) is 24.7 Å². The molecule has 6 atom stereocenters. The van der Waals surface area contributed by atoms with Gasteiger partial charge in [-0.1, -0.05) is 37.6 Å². The molecule has 182 valence electrons. The van der Waals surface area contributed by atoms with Crippen molar-refractivity contribution in [3.63, 3.8) is 0 Å². The maximum atomic E-state index is 13.9. The zero-order chi connectivity index (χ0) is 23.8. The summed E-state index contributed by atoms with van der Waals surface area (Å²) in [6.07, 6.45) is 11.8. The molecule has 2 fully saturated rings. The van der Waals surface area contributed by atoms with E-state index in [1.165, 1.54) is 4.90 Å². The summed E-state index contributed by atoms with van der Waals surface area (Å²) in [7, 11) is 0. The Bertz CT molecular complexity index is 856. The summed E-state index contributed by atoms with van der Waals surface area (Å²) in [5, 5.41) is 9.72. The largest absolute Gasteiger partial charge is 0.465 e. The first-order valence-corrected chi connectivity index (χ1v) is 12.2. The fourth-order valence-corrected chi connectivity index (χ4v) is 6.13. The zero-order valence-corrected chi connectivity index (χ0v) is 19.9. The number of β-amino-alcohol motifs (C(OH)–C–C–N with tert-alkyl or cyclic N) is 1. The molecule has 8 heteroatoms. The number of ether oxygens (including phenoxy) is 2. The lowest BCUT2D eigenvalue weighted by Gasteiger charge is -2.38. The van der Waals surface area contributed by atoms with Crippen molar-refractivity contribution < 1.29 is 29.0 Å². The van der Waals surface area contributed by atoms with Crippen LogP contribution in [0.4, 0.5) is 0 Å². The van der Waals surface area contributed by atoms with Crippen LogP contribution < -0.4 is 0 Å². The predicted octanol–water partition coefficient (Wildman–Crippen LogP) is 1.82. The van der Waals surface area contributed by atoms with Crippen molar-refractivity contribution in [3.8, 4) is 0 Å². The molecule has 0 bridgehead atoms. The Hall–Kier alpha value is -2.19. The fourth-order valence-electron chi connectivity index (χ4n) is 6.13. The molecule has 0 aliphatic carbocycles. The van der Waals surface area contributed by atoms with Crippen LogP contribution in [0.25, 0.3) is 0 Å². The van der Waals surface area contributed by atoms with Crippen molar-refractivity contribution in [2.45, 2.75) is 76.2 Å². The molecule has 0 aromatic heterocycles. The van der Waals surface area contributed by atoms with Gasteiger partial charge in [-0.15, -0.1) is 0 Å². The Kier molecular flexibility index (Phi) is 6.69. The first kappa shape index (κ1) is 24.0. The molecular formula is C25H36N2O6. The highest BCUT2D eigenvalue weighted by Crippen LogP contribution is 2.57. The third kappa shape index (κ3) is 3.81. The van der Waals surface area contributed by atoms with Gasteiger partial charge in [-0.25, -0.2) is 0 Å². The maximum absolute atomic E-state index is 13.9. The molecule has 4 aliphatic rings. The Morgan fingerprint density at radius 2 is 1.94 bits per heavy atom. The van der Waals surface area contributed by atoms with E-state index >= 15 is 0 Å². The molecule has 4 heterocycles. The van der Waals surface area contributed by atoms with Crippen LogP contribution >= 0.6 is 0 Å². The van der Waals surface area contributed by atoms with Crippen LogP contribution in [0.5, 0.6) is 0 Å². The molecule has 2 unspecified atom stereocenters. The standard InChI is InChI=1S/C25H36N2O6/c1-4-10-17(2)26-13-9-12-25-18(21(29)27(14-15-28)20(25)22(26)30)19-23(31)32-16-8-6-5-7-11-24(19,3)33-25/h7,9,11-12,17-20,28H,4-6,8,10,13-16H2,1-3H3/b11-7-/t17?,18-,19-,20?,24+,25-/m0/s1. The topological polar surface area (TPSA) is 96.4 Å². The molecule has 2 saturated heterocycles. The van der Waals surface area contributed by atoms with Crippen LogP contribution in [0.15, 0.2) is 24.3 Å². The second kappa shape index (κ2) is 9.22. The Morgan fingerprint density at radius 1 is 1.15 bits per heavy atom.